The summed E-state index contributed by atoms with van der Waals surface area (Å²) in [5, 5.41) is 12.7. The monoisotopic (exact) mass is 259 g/mol. The summed E-state index contributed by atoms with van der Waals surface area (Å²) in [5.74, 6) is -0.937. The Bertz CT molecular complexity index is 629. The number of aromatic carboxylic acids is 1. The first kappa shape index (κ1) is 12.2. The molecule has 0 radical (unpaired) electrons. The summed E-state index contributed by atoms with van der Waals surface area (Å²) in [6.45, 7) is 2.90. The maximum Gasteiger partial charge on any atom is 0.339 e. The normalized spacial score (nSPS) is 17.3. The Balaban J connectivity index is 1.88. The number of nitrogens with one attached hydrogen (secondary N) is 1. The Labute approximate surface area is 111 Å². The van der Waals surface area contributed by atoms with E-state index < -0.39 is 5.97 Å². The van der Waals surface area contributed by atoms with Gasteiger partial charge in [-0.3, -0.25) is 0 Å². The van der Waals surface area contributed by atoms with E-state index >= 15 is 0 Å². The minimum absolute atomic E-state index is 0.216. The molecule has 5 heteroatoms. The lowest BCUT2D eigenvalue weighted by atomic mass is 9.78. The summed E-state index contributed by atoms with van der Waals surface area (Å²) < 4.78 is 1.77. The first-order valence-electron chi connectivity index (χ1n) is 6.51. The van der Waals surface area contributed by atoms with Gasteiger partial charge in [-0.05, 0) is 37.8 Å². The van der Waals surface area contributed by atoms with Crippen LogP contribution in [0.4, 0.5) is 0 Å². The van der Waals surface area contributed by atoms with E-state index in [2.05, 4.69) is 17.2 Å². The minimum atomic E-state index is -0.937. The third kappa shape index (κ3) is 2.21. The number of carboxylic acid groups (broad SMARTS) is 1. The van der Waals surface area contributed by atoms with Gasteiger partial charge in [-0.1, -0.05) is 0 Å². The van der Waals surface area contributed by atoms with Gasteiger partial charge < -0.3 is 14.8 Å². The zero-order valence-electron chi connectivity index (χ0n) is 10.9. The summed E-state index contributed by atoms with van der Waals surface area (Å²) >= 11 is 0. The molecule has 3 rings (SSSR count). The SMILES string of the molecule is CC1(NCc2cc(C(=O)O)c3nccn3c2)CCC1. The number of carboxylic acids is 1. The molecule has 1 aliphatic rings. The van der Waals surface area contributed by atoms with Crippen LogP contribution in [0.2, 0.25) is 0 Å². The molecule has 0 bridgehead atoms. The number of carbonyl (C=O) groups is 1. The number of imidazole rings is 1. The van der Waals surface area contributed by atoms with E-state index in [9.17, 15) is 9.90 Å². The highest BCUT2D eigenvalue weighted by Gasteiger charge is 2.30. The molecule has 0 aromatic carbocycles. The first-order chi connectivity index (χ1) is 9.07. The molecular weight excluding hydrogens is 242 g/mol. The molecule has 2 aromatic rings. The quantitative estimate of drug-likeness (QED) is 0.882. The molecule has 2 aromatic heterocycles. The van der Waals surface area contributed by atoms with Crippen LogP contribution >= 0.6 is 0 Å². The highest BCUT2D eigenvalue weighted by molar-refractivity contribution is 5.94. The van der Waals surface area contributed by atoms with Crippen molar-refractivity contribution in [3.63, 3.8) is 0 Å². The van der Waals surface area contributed by atoms with Gasteiger partial charge in [0, 0.05) is 30.7 Å². The summed E-state index contributed by atoms with van der Waals surface area (Å²) in [5.41, 5.74) is 1.93. The highest BCUT2D eigenvalue weighted by Crippen LogP contribution is 2.31. The van der Waals surface area contributed by atoms with Gasteiger partial charge in [-0.25, -0.2) is 9.78 Å². The topological polar surface area (TPSA) is 66.6 Å². The highest BCUT2D eigenvalue weighted by atomic mass is 16.4. The molecular formula is C14H17N3O2. The maximum absolute atomic E-state index is 11.3. The van der Waals surface area contributed by atoms with Crippen LogP contribution in [-0.4, -0.2) is 26.0 Å². The van der Waals surface area contributed by atoms with Gasteiger partial charge in [0.15, 0.2) is 5.65 Å². The molecule has 0 aliphatic heterocycles. The fourth-order valence-corrected chi connectivity index (χ4v) is 2.55. The number of hydrogen-bond donors (Lipinski definition) is 2. The molecule has 2 N–H and O–H groups in total. The molecule has 19 heavy (non-hydrogen) atoms. The van der Waals surface area contributed by atoms with Crippen LogP contribution in [0.25, 0.3) is 5.65 Å². The Morgan fingerprint density at radius 1 is 1.58 bits per heavy atom. The van der Waals surface area contributed by atoms with Crippen molar-refractivity contribution in [2.45, 2.75) is 38.3 Å². The number of aromatic nitrogens is 2. The molecule has 5 nitrogen and oxygen atoms in total. The Morgan fingerprint density at radius 3 is 3.00 bits per heavy atom. The first-order valence-corrected chi connectivity index (χ1v) is 6.51. The predicted octanol–water partition coefficient (Wildman–Crippen LogP) is 2.06. The van der Waals surface area contributed by atoms with Gasteiger partial charge in [0.05, 0.1) is 0 Å². The average Bonchev–Trinajstić information content (AvgIpc) is 2.80. The molecule has 0 atom stereocenters. The third-order valence-electron chi connectivity index (χ3n) is 3.95. The van der Waals surface area contributed by atoms with Crippen LogP contribution < -0.4 is 5.32 Å². The summed E-state index contributed by atoms with van der Waals surface area (Å²) in [6, 6.07) is 1.71. The zero-order chi connectivity index (χ0) is 13.5. The van der Waals surface area contributed by atoms with E-state index in [1.165, 1.54) is 19.3 Å². The number of nitrogens with zero attached hydrogens (tertiary/aromatic N) is 2. The largest absolute Gasteiger partial charge is 0.478 e. The van der Waals surface area contributed by atoms with Crippen molar-refractivity contribution in [2.24, 2.45) is 0 Å². The van der Waals surface area contributed by atoms with Crippen LogP contribution in [0, 0.1) is 0 Å². The van der Waals surface area contributed by atoms with Crippen molar-refractivity contribution in [2.75, 3.05) is 0 Å². The van der Waals surface area contributed by atoms with Crippen molar-refractivity contribution in [3.05, 3.63) is 35.8 Å². The number of fused-ring (bicyclic) bond motifs is 1. The molecule has 0 spiro atoms. The van der Waals surface area contributed by atoms with E-state index in [-0.39, 0.29) is 11.1 Å². The Hall–Kier alpha value is -1.88. The fourth-order valence-electron chi connectivity index (χ4n) is 2.55. The molecule has 1 fully saturated rings. The lowest BCUT2D eigenvalue weighted by molar-refractivity contribution is 0.0698. The van der Waals surface area contributed by atoms with E-state index in [1.807, 2.05) is 6.20 Å². The molecule has 2 heterocycles. The number of hydrogen-bond acceptors (Lipinski definition) is 3. The molecule has 0 unspecified atom stereocenters. The average molecular weight is 259 g/mol. The Morgan fingerprint density at radius 2 is 2.37 bits per heavy atom. The van der Waals surface area contributed by atoms with Crippen molar-refractivity contribution in [1.82, 2.24) is 14.7 Å². The smallest absolute Gasteiger partial charge is 0.339 e. The van der Waals surface area contributed by atoms with Gasteiger partial charge in [-0.2, -0.15) is 0 Å². The predicted molar refractivity (Wildman–Crippen MR) is 71.2 cm³/mol. The molecule has 0 amide bonds. The van der Waals surface area contributed by atoms with Crippen molar-refractivity contribution in [1.29, 1.82) is 0 Å². The van der Waals surface area contributed by atoms with E-state index in [0.29, 0.717) is 12.2 Å². The van der Waals surface area contributed by atoms with Crippen LogP contribution in [0.3, 0.4) is 0 Å². The lowest BCUT2D eigenvalue weighted by Crippen LogP contribution is -2.47. The zero-order valence-corrected chi connectivity index (χ0v) is 10.9. The van der Waals surface area contributed by atoms with Crippen LogP contribution in [-0.2, 0) is 6.54 Å². The molecule has 100 valence electrons. The van der Waals surface area contributed by atoms with Crippen LogP contribution in [0.5, 0.6) is 0 Å². The van der Waals surface area contributed by atoms with Crippen LogP contribution in [0.1, 0.15) is 42.1 Å². The van der Waals surface area contributed by atoms with Gasteiger partial charge in [0.1, 0.15) is 5.56 Å². The Kier molecular flexibility index (Phi) is 2.78. The number of pyridine rings is 1. The van der Waals surface area contributed by atoms with Crippen molar-refractivity contribution in [3.8, 4) is 0 Å². The summed E-state index contributed by atoms with van der Waals surface area (Å²) in [4.78, 5) is 15.3. The maximum atomic E-state index is 11.3. The summed E-state index contributed by atoms with van der Waals surface area (Å²) in [6.07, 6.45) is 8.97. The van der Waals surface area contributed by atoms with Gasteiger partial charge >= 0.3 is 5.97 Å². The second-order valence-electron chi connectivity index (χ2n) is 5.49. The third-order valence-corrected chi connectivity index (χ3v) is 3.95. The standard InChI is InChI=1S/C14H17N3O2/c1-14(3-2-4-14)16-8-10-7-11(13(18)19)12-15-5-6-17(12)9-10/h5-7,9,16H,2-4,8H2,1H3,(H,18,19). The molecule has 1 aliphatic carbocycles. The van der Waals surface area contributed by atoms with E-state index in [4.69, 9.17) is 0 Å². The van der Waals surface area contributed by atoms with E-state index in [1.54, 1.807) is 22.9 Å². The molecule has 1 saturated carbocycles. The summed E-state index contributed by atoms with van der Waals surface area (Å²) in [7, 11) is 0. The van der Waals surface area contributed by atoms with Gasteiger partial charge in [-0.15, -0.1) is 0 Å². The number of rotatable bonds is 4. The van der Waals surface area contributed by atoms with Crippen molar-refractivity contribution >= 4 is 11.6 Å². The minimum Gasteiger partial charge on any atom is -0.478 e. The van der Waals surface area contributed by atoms with Gasteiger partial charge in [0.25, 0.3) is 0 Å². The van der Waals surface area contributed by atoms with Crippen LogP contribution in [0.15, 0.2) is 24.7 Å². The lowest BCUT2D eigenvalue weighted by Gasteiger charge is -2.39. The van der Waals surface area contributed by atoms with Crippen molar-refractivity contribution < 1.29 is 9.90 Å². The second kappa shape index (κ2) is 4.35. The van der Waals surface area contributed by atoms with Gasteiger partial charge in [0.2, 0.25) is 0 Å². The van der Waals surface area contributed by atoms with E-state index in [0.717, 1.165) is 5.56 Å². The fraction of sp³-hybridized carbons (Fsp3) is 0.429. The molecule has 0 saturated heterocycles. The second-order valence-corrected chi connectivity index (χ2v) is 5.49.